The number of carbonyl (C=O) groups is 1. The molecule has 0 aliphatic heterocycles. The lowest BCUT2D eigenvalue weighted by atomic mass is 10.3. The number of hydrogen-bond donors (Lipinski definition) is 2. The minimum absolute atomic E-state index is 0.212. The summed E-state index contributed by atoms with van der Waals surface area (Å²) in [5.74, 6) is -1.40. The zero-order valence-corrected chi connectivity index (χ0v) is 12.0. The number of sulfonamides is 1. The van der Waals surface area contributed by atoms with Crippen LogP contribution in [-0.4, -0.2) is 37.0 Å². The van der Waals surface area contributed by atoms with Crippen LogP contribution in [0.15, 0.2) is 36.5 Å². The van der Waals surface area contributed by atoms with Crippen LogP contribution >= 0.6 is 0 Å². The van der Waals surface area contributed by atoms with Gasteiger partial charge in [-0.05, 0) is 24.3 Å². The summed E-state index contributed by atoms with van der Waals surface area (Å²) in [6.07, 6.45) is 1.44. The van der Waals surface area contributed by atoms with E-state index in [0.717, 1.165) is 7.11 Å². The van der Waals surface area contributed by atoms with E-state index in [1.165, 1.54) is 16.9 Å². The van der Waals surface area contributed by atoms with E-state index < -0.39 is 21.7 Å². The van der Waals surface area contributed by atoms with Gasteiger partial charge in [0.25, 0.3) is 0 Å². The summed E-state index contributed by atoms with van der Waals surface area (Å²) in [5.41, 5.74) is 6.81. The maximum absolute atomic E-state index is 11.8. The number of methoxy groups -OCH3 is 1. The number of nitrogens with two attached hydrogens (primary N) is 1. The second-order valence-corrected chi connectivity index (χ2v) is 5.88. The highest BCUT2D eigenvalue weighted by Gasteiger charge is 2.19. The van der Waals surface area contributed by atoms with Crippen molar-refractivity contribution in [3.05, 3.63) is 36.5 Å². The molecule has 0 saturated carbocycles. The summed E-state index contributed by atoms with van der Waals surface area (Å²) in [6.45, 7) is 0. The van der Waals surface area contributed by atoms with Crippen LogP contribution in [0.1, 0.15) is 0 Å². The number of hydrogen-bond acceptors (Lipinski definition) is 6. The van der Waals surface area contributed by atoms with E-state index in [2.05, 4.69) is 14.6 Å². The number of nitrogens with one attached hydrogen (secondary N) is 1. The molecule has 2 rings (SSSR count). The van der Waals surface area contributed by atoms with E-state index in [1.54, 1.807) is 24.3 Å². The van der Waals surface area contributed by atoms with Gasteiger partial charge in [0.1, 0.15) is 5.82 Å². The number of carbonyl (C=O) groups excluding carboxylic acids is 1. The number of nitrogen functional groups attached to an aromatic ring is 1. The van der Waals surface area contributed by atoms with Gasteiger partial charge in [0.15, 0.2) is 5.75 Å². The van der Waals surface area contributed by atoms with Crippen LogP contribution in [0.2, 0.25) is 0 Å². The highest BCUT2D eigenvalue weighted by Crippen LogP contribution is 2.17. The van der Waals surface area contributed by atoms with Gasteiger partial charge in [-0.1, -0.05) is 0 Å². The average molecular weight is 310 g/mol. The van der Waals surface area contributed by atoms with Crippen LogP contribution in [-0.2, 0) is 19.6 Å². The van der Waals surface area contributed by atoms with Crippen LogP contribution < -0.4 is 10.5 Å². The number of anilines is 2. The minimum Gasteiger partial charge on any atom is -0.468 e. The third kappa shape index (κ3) is 3.72. The number of nitrogens with zero attached hydrogens (tertiary/aromatic N) is 2. The largest absolute Gasteiger partial charge is 0.468 e. The Morgan fingerprint density at radius 2 is 2.00 bits per heavy atom. The van der Waals surface area contributed by atoms with E-state index in [-0.39, 0.29) is 5.82 Å². The van der Waals surface area contributed by atoms with E-state index >= 15 is 0 Å². The van der Waals surface area contributed by atoms with Crippen molar-refractivity contribution in [2.45, 2.75) is 0 Å². The Kier molecular flexibility index (Phi) is 4.13. The van der Waals surface area contributed by atoms with E-state index in [4.69, 9.17) is 5.73 Å². The Bertz CT molecular complexity index is 737. The van der Waals surface area contributed by atoms with Gasteiger partial charge in [-0.25, -0.2) is 13.1 Å². The predicted molar refractivity (Wildman–Crippen MR) is 77.4 cm³/mol. The summed E-state index contributed by atoms with van der Waals surface area (Å²) in [6, 6.07) is 8.21. The molecule has 1 aromatic heterocycles. The van der Waals surface area contributed by atoms with Crippen molar-refractivity contribution in [2.75, 3.05) is 23.3 Å². The molecule has 9 heteroatoms. The fraction of sp³-hybridized carbons (Fsp3) is 0.167. The lowest BCUT2D eigenvalue weighted by Gasteiger charge is -2.10. The first-order valence-corrected chi connectivity index (χ1v) is 7.54. The van der Waals surface area contributed by atoms with E-state index in [9.17, 15) is 13.2 Å². The van der Waals surface area contributed by atoms with Crippen molar-refractivity contribution in [3.63, 3.8) is 0 Å². The molecular weight excluding hydrogens is 296 g/mol. The second-order valence-electron chi connectivity index (χ2n) is 4.16. The quantitative estimate of drug-likeness (QED) is 0.609. The molecule has 8 nitrogen and oxygen atoms in total. The summed E-state index contributed by atoms with van der Waals surface area (Å²) in [4.78, 5) is 11.1. The molecule has 0 unspecified atom stereocenters. The highest BCUT2D eigenvalue weighted by atomic mass is 32.2. The molecule has 0 amide bonds. The fourth-order valence-electron chi connectivity index (χ4n) is 1.61. The zero-order chi connectivity index (χ0) is 15.5. The highest BCUT2D eigenvalue weighted by molar-refractivity contribution is 7.93. The van der Waals surface area contributed by atoms with Crippen molar-refractivity contribution in [3.8, 4) is 5.69 Å². The first-order chi connectivity index (χ1) is 9.91. The Morgan fingerprint density at radius 1 is 1.33 bits per heavy atom. The second kappa shape index (κ2) is 5.83. The molecule has 1 heterocycles. The van der Waals surface area contributed by atoms with Crippen LogP contribution in [0, 0.1) is 0 Å². The Hall–Kier alpha value is -2.55. The SMILES string of the molecule is COC(=O)CS(=O)(=O)Nc1ccnn1-c1ccc(N)cc1. The summed E-state index contributed by atoms with van der Waals surface area (Å²) in [7, 11) is -2.74. The molecule has 0 bridgehead atoms. The normalized spacial score (nSPS) is 11.1. The molecule has 0 radical (unpaired) electrons. The van der Waals surface area contributed by atoms with Crippen LogP contribution in [0.4, 0.5) is 11.5 Å². The minimum atomic E-state index is -3.86. The fourth-order valence-corrected chi connectivity index (χ4v) is 2.58. The van der Waals surface area contributed by atoms with Gasteiger partial charge >= 0.3 is 5.97 Å². The van der Waals surface area contributed by atoms with Gasteiger partial charge in [0, 0.05) is 11.8 Å². The topological polar surface area (TPSA) is 116 Å². The molecule has 21 heavy (non-hydrogen) atoms. The number of benzene rings is 1. The van der Waals surface area contributed by atoms with Gasteiger partial charge in [-0.2, -0.15) is 5.10 Å². The van der Waals surface area contributed by atoms with Crippen LogP contribution in [0.3, 0.4) is 0 Å². The number of rotatable bonds is 5. The Balaban J connectivity index is 2.25. The molecular formula is C12H14N4O4S. The molecule has 0 saturated heterocycles. The van der Waals surface area contributed by atoms with Crippen LogP contribution in [0.5, 0.6) is 0 Å². The number of aromatic nitrogens is 2. The van der Waals surface area contributed by atoms with Gasteiger partial charge < -0.3 is 10.5 Å². The molecule has 0 atom stereocenters. The van der Waals surface area contributed by atoms with Crippen molar-refractivity contribution in [1.29, 1.82) is 0 Å². The van der Waals surface area contributed by atoms with Gasteiger partial charge in [0.2, 0.25) is 10.0 Å². The molecule has 0 fully saturated rings. The summed E-state index contributed by atoms with van der Waals surface area (Å²) < 4.78 is 31.7. The summed E-state index contributed by atoms with van der Waals surface area (Å²) in [5, 5.41) is 4.03. The summed E-state index contributed by atoms with van der Waals surface area (Å²) >= 11 is 0. The Labute approximate surface area is 121 Å². The number of ether oxygens (including phenoxy) is 1. The number of esters is 1. The lowest BCUT2D eigenvalue weighted by Crippen LogP contribution is -2.24. The first-order valence-electron chi connectivity index (χ1n) is 5.88. The Morgan fingerprint density at radius 3 is 2.62 bits per heavy atom. The average Bonchev–Trinajstić information content (AvgIpc) is 2.86. The molecule has 0 aliphatic rings. The van der Waals surface area contributed by atoms with Gasteiger partial charge in [-0.15, -0.1) is 0 Å². The molecule has 0 spiro atoms. The van der Waals surface area contributed by atoms with E-state index in [0.29, 0.717) is 11.4 Å². The van der Waals surface area contributed by atoms with Crippen molar-refractivity contribution in [1.82, 2.24) is 9.78 Å². The van der Waals surface area contributed by atoms with Gasteiger partial charge in [-0.3, -0.25) is 9.52 Å². The maximum Gasteiger partial charge on any atom is 0.322 e. The molecule has 2 aromatic rings. The monoisotopic (exact) mass is 310 g/mol. The third-order valence-electron chi connectivity index (χ3n) is 2.58. The lowest BCUT2D eigenvalue weighted by molar-refractivity contribution is -0.137. The van der Waals surface area contributed by atoms with Crippen molar-refractivity contribution < 1.29 is 17.9 Å². The first kappa shape index (κ1) is 14.9. The molecule has 112 valence electrons. The van der Waals surface area contributed by atoms with Crippen molar-refractivity contribution >= 4 is 27.5 Å². The molecule has 0 aliphatic carbocycles. The maximum atomic E-state index is 11.8. The van der Waals surface area contributed by atoms with Gasteiger partial charge in [0.05, 0.1) is 19.0 Å². The van der Waals surface area contributed by atoms with Crippen molar-refractivity contribution in [2.24, 2.45) is 0 Å². The molecule has 3 N–H and O–H groups in total. The van der Waals surface area contributed by atoms with E-state index in [1.807, 2.05) is 0 Å². The molecule has 1 aromatic carbocycles. The standard InChI is InChI=1S/C12H14N4O4S/c1-20-12(17)8-21(18,19)15-11-6-7-14-16(11)10-4-2-9(13)3-5-10/h2-7,15H,8,13H2,1H3. The zero-order valence-electron chi connectivity index (χ0n) is 11.2. The third-order valence-corrected chi connectivity index (χ3v) is 3.71. The van der Waals surface area contributed by atoms with Crippen LogP contribution in [0.25, 0.3) is 5.69 Å². The smallest absolute Gasteiger partial charge is 0.322 e. The predicted octanol–water partition coefficient (Wildman–Crippen LogP) is 0.369.